The molecule has 2 saturated carbocycles. The van der Waals surface area contributed by atoms with Crippen molar-refractivity contribution < 1.29 is 13.5 Å². The van der Waals surface area contributed by atoms with Gasteiger partial charge in [-0.15, -0.1) is 0 Å². The van der Waals surface area contributed by atoms with Crippen LogP contribution in [0.3, 0.4) is 0 Å². The van der Waals surface area contributed by atoms with Crippen molar-refractivity contribution >= 4 is 15.7 Å². The van der Waals surface area contributed by atoms with E-state index in [1.165, 1.54) is 12.7 Å². The molecule has 21 heavy (non-hydrogen) atoms. The van der Waals surface area contributed by atoms with Gasteiger partial charge in [0.25, 0.3) is 0 Å². The minimum absolute atomic E-state index is 0.00919. The van der Waals surface area contributed by atoms with Gasteiger partial charge in [-0.2, -0.15) is 0 Å². The van der Waals surface area contributed by atoms with Crippen LogP contribution in [-0.2, 0) is 9.84 Å². The largest absolute Gasteiger partial charge is 0.385 e. The molecule has 4 unspecified atom stereocenters. The van der Waals surface area contributed by atoms with Gasteiger partial charge < -0.3 is 10.8 Å². The minimum Gasteiger partial charge on any atom is -0.385 e. The van der Waals surface area contributed by atoms with Crippen LogP contribution in [0.5, 0.6) is 0 Å². The lowest BCUT2D eigenvalue weighted by molar-refractivity contribution is -0.0289. The Morgan fingerprint density at radius 2 is 1.86 bits per heavy atom. The number of nitrogens with zero attached hydrogens (tertiary/aromatic N) is 1. The number of hydrogen-bond donors (Lipinski definition) is 2. The second kappa shape index (κ2) is 5.23. The van der Waals surface area contributed by atoms with Crippen molar-refractivity contribution in [1.82, 2.24) is 0 Å². The lowest BCUT2D eigenvalue weighted by Gasteiger charge is -2.43. The average molecular weight is 314 g/mol. The Bertz CT molecular complexity index is 539. The van der Waals surface area contributed by atoms with Crippen LogP contribution in [0.15, 0.2) is 4.99 Å². The maximum Gasteiger partial charge on any atom is 0.150 e. The van der Waals surface area contributed by atoms with Crippen molar-refractivity contribution in [3.05, 3.63) is 0 Å². The summed E-state index contributed by atoms with van der Waals surface area (Å²) in [5, 5.41) is 11.0. The lowest BCUT2D eigenvalue weighted by atomic mass is 9.66. The van der Waals surface area contributed by atoms with Gasteiger partial charge in [0.2, 0.25) is 0 Å². The summed E-state index contributed by atoms with van der Waals surface area (Å²) >= 11 is 0. The zero-order valence-electron chi connectivity index (χ0n) is 12.7. The fourth-order valence-electron chi connectivity index (χ4n) is 4.66. The van der Waals surface area contributed by atoms with E-state index in [0.29, 0.717) is 18.7 Å². The summed E-state index contributed by atoms with van der Waals surface area (Å²) in [5.74, 6) is 0.385. The molecule has 0 aromatic carbocycles. The van der Waals surface area contributed by atoms with Crippen molar-refractivity contribution in [3.63, 3.8) is 0 Å². The highest BCUT2D eigenvalue weighted by Crippen LogP contribution is 2.48. The average Bonchev–Trinajstić information content (AvgIpc) is 2.71. The molecule has 3 N–H and O–H groups in total. The third kappa shape index (κ3) is 2.50. The van der Waals surface area contributed by atoms with Gasteiger partial charge in [0, 0.05) is 12.2 Å². The molecule has 3 aliphatic rings. The Hall–Kier alpha value is -0.620. The summed E-state index contributed by atoms with van der Waals surface area (Å²) in [5.41, 5.74) is 5.03. The highest BCUT2D eigenvalue weighted by atomic mass is 32.2. The number of nitrogens with two attached hydrogens (primary N) is 1. The van der Waals surface area contributed by atoms with Crippen molar-refractivity contribution in [3.8, 4) is 0 Å². The maximum absolute atomic E-state index is 11.9. The molecule has 0 aromatic rings. The van der Waals surface area contributed by atoms with Gasteiger partial charge in [-0.05, 0) is 38.0 Å². The van der Waals surface area contributed by atoms with E-state index in [-0.39, 0.29) is 23.1 Å². The number of rotatable bonds is 2. The Balaban J connectivity index is 1.87. The Morgan fingerprint density at radius 3 is 2.48 bits per heavy atom. The SMILES string of the molecule is CS(=O)(=O)C1CCC2N=C(N)C(O)(C3CCCCC3)C2C1. The van der Waals surface area contributed by atoms with Gasteiger partial charge >= 0.3 is 0 Å². The van der Waals surface area contributed by atoms with Gasteiger partial charge in [-0.25, -0.2) is 8.42 Å². The molecule has 0 aromatic heterocycles. The topological polar surface area (TPSA) is 92.8 Å². The van der Waals surface area contributed by atoms with E-state index in [0.717, 1.165) is 32.1 Å². The number of aliphatic hydroxyl groups is 1. The first-order valence-electron chi connectivity index (χ1n) is 8.08. The quantitative estimate of drug-likeness (QED) is 0.802. The first-order chi connectivity index (χ1) is 9.83. The summed E-state index contributed by atoms with van der Waals surface area (Å²) in [6.07, 6.45) is 8.55. The van der Waals surface area contributed by atoms with Crippen LogP contribution in [0.2, 0.25) is 0 Å². The zero-order chi connectivity index (χ0) is 15.3. The molecule has 3 rings (SSSR count). The van der Waals surface area contributed by atoms with Crippen molar-refractivity contribution in [2.75, 3.05) is 6.26 Å². The summed E-state index contributed by atoms with van der Waals surface area (Å²) in [6.45, 7) is 0. The van der Waals surface area contributed by atoms with Crippen LogP contribution < -0.4 is 5.73 Å². The standard InChI is InChI=1S/C15H26N2O3S/c1-21(19,20)11-7-8-13-12(9-11)15(18,14(16)17-13)10-5-3-2-4-6-10/h10-13,18H,2-9H2,1H3,(H2,16,17). The number of aliphatic imine (C=N–C) groups is 1. The van der Waals surface area contributed by atoms with Gasteiger partial charge in [-0.1, -0.05) is 19.3 Å². The summed E-state index contributed by atoms with van der Waals surface area (Å²) in [4.78, 5) is 4.50. The van der Waals surface area contributed by atoms with Gasteiger partial charge in [0.1, 0.15) is 21.3 Å². The predicted molar refractivity (Wildman–Crippen MR) is 82.9 cm³/mol. The predicted octanol–water partition coefficient (Wildman–Crippen LogP) is 1.25. The smallest absolute Gasteiger partial charge is 0.150 e. The van der Waals surface area contributed by atoms with E-state index in [2.05, 4.69) is 4.99 Å². The van der Waals surface area contributed by atoms with Crippen LogP contribution in [0, 0.1) is 11.8 Å². The van der Waals surface area contributed by atoms with Gasteiger partial charge in [-0.3, -0.25) is 4.99 Å². The normalized spacial score (nSPS) is 41.6. The van der Waals surface area contributed by atoms with Crippen LogP contribution in [0.4, 0.5) is 0 Å². The van der Waals surface area contributed by atoms with Crippen molar-refractivity contribution in [2.45, 2.75) is 68.3 Å². The van der Waals surface area contributed by atoms with E-state index in [1.807, 2.05) is 0 Å². The molecular formula is C15H26N2O3S. The van der Waals surface area contributed by atoms with E-state index >= 15 is 0 Å². The molecule has 2 fully saturated rings. The molecule has 1 heterocycles. The molecule has 1 aliphatic heterocycles. The van der Waals surface area contributed by atoms with Crippen LogP contribution >= 0.6 is 0 Å². The van der Waals surface area contributed by atoms with E-state index < -0.39 is 15.4 Å². The molecule has 4 atom stereocenters. The first-order valence-corrected chi connectivity index (χ1v) is 10.0. The fraction of sp³-hybridized carbons (Fsp3) is 0.933. The Labute approximate surface area is 126 Å². The minimum atomic E-state index is -3.07. The number of sulfone groups is 1. The maximum atomic E-state index is 11.9. The Morgan fingerprint density at radius 1 is 1.19 bits per heavy atom. The first kappa shape index (κ1) is 15.3. The molecular weight excluding hydrogens is 288 g/mol. The molecule has 0 spiro atoms. The fourth-order valence-corrected chi connectivity index (χ4v) is 5.78. The highest BCUT2D eigenvalue weighted by molar-refractivity contribution is 7.91. The van der Waals surface area contributed by atoms with Crippen LogP contribution in [-0.4, -0.2) is 42.5 Å². The van der Waals surface area contributed by atoms with E-state index in [1.54, 1.807) is 0 Å². The van der Waals surface area contributed by atoms with E-state index in [9.17, 15) is 13.5 Å². The monoisotopic (exact) mass is 314 g/mol. The molecule has 0 bridgehead atoms. The molecule has 6 heteroatoms. The van der Waals surface area contributed by atoms with Crippen LogP contribution in [0.25, 0.3) is 0 Å². The van der Waals surface area contributed by atoms with E-state index in [4.69, 9.17) is 5.73 Å². The third-order valence-electron chi connectivity index (χ3n) is 5.88. The second-order valence-electron chi connectivity index (χ2n) is 7.11. The molecule has 2 aliphatic carbocycles. The molecule has 120 valence electrons. The second-order valence-corrected chi connectivity index (χ2v) is 9.44. The summed E-state index contributed by atoms with van der Waals surface area (Å²) < 4.78 is 23.8. The zero-order valence-corrected chi connectivity index (χ0v) is 13.5. The third-order valence-corrected chi connectivity index (χ3v) is 7.52. The van der Waals surface area contributed by atoms with Gasteiger partial charge in [0.05, 0.1) is 11.3 Å². The van der Waals surface area contributed by atoms with Crippen molar-refractivity contribution in [1.29, 1.82) is 0 Å². The van der Waals surface area contributed by atoms with Crippen LogP contribution in [0.1, 0.15) is 51.4 Å². The molecule has 0 saturated heterocycles. The summed E-state index contributed by atoms with van der Waals surface area (Å²) in [7, 11) is -3.07. The number of fused-ring (bicyclic) bond motifs is 1. The number of amidine groups is 1. The lowest BCUT2D eigenvalue weighted by Crippen LogP contribution is -2.56. The molecule has 0 radical (unpaired) electrons. The molecule has 5 nitrogen and oxygen atoms in total. The van der Waals surface area contributed by atoms with Crippen molar-refractivity contribution in [2.24, 2.45) is 22.6 Å². The Kier molecular flexibility index (Phi) is 3.81. The number of hydrogen-bond acceptors (Lipinski definition) is 5. The molecule has 0 amide bonds. The van der Waals surface area contributed by atoms with Gasteiger partial charge in [0.15, 0.2) is 0 Å². The summed E-state index contributed by atoms with van der Waals surface area (Å²) in [6, 6.07) is 0.00919. The highest BCUT2D eigenvalue weighted by Gasteiger charge is 2.56.